The van der Waals surface area contributed by atoms with Gasteiger partial charge < -0.3 is 10.6 Å². The van der Waals surface area contributed by atoms with E-state index in [0.717, 1.165) is 16.5 Å². The molecule has 3 N–H and O–H groups in total. The first-order chi connectivity index (χ1) is 11.5. The molecule has 0 aromatic heterocycles. The molecule has 7 heteroatoms. The standard InChI is InChI=1S/C17H18BrN3O3/c1-2-16(12-6-8-13(18)9-7-12)19-11-17(22)20-14-4-3-5-15(10-14)21(23)24/h3-10,16,19H,2,11H2,1H3,(H,20,22)/p+1/t16-/m1/s1. The smallest absolute Gasteiger partial charge is 0.279 e. The Morgan fingerprint density at radius 2 is 2.00 bits per heavy atom. The summed E-state index contributed by atoms with van der Waals surface area (Å²) in [6, 6.07) is 14.1. The number of nitrogens with two attached hydrogens (primary N) is 1. The first-order valence-electron chi connectivity index (χ1n) is 7.62. The summed E-state index contributed by atoms with van der Waals surface area (Å²) in [5.74, 6) is -0.189. The van der Waals surface area contributed by atoms with Crippen LogP contribution in [-0.2, 0) is 4.79 Å². The lowest BCUT2D eigenvalue weighted by Crippen LogP contribution is -2.87. The number of halogens is 1. The molecule has 2 aromatic carbocycles. The summed E-state index contributed by atoms with van der Waals surface area (Å²) in [5, 5.41) is 15.4. The summed E-state index contributed by atoms with van der Waals surface area (Å²) >= 11 is 3.41. The average molecular weight is 393 g/mol. The van der Waals surface area contributed by atoms with Gasteiger partial charge in [-0.15, -0.1) is 0 Å². The van der Waals surface area contributed by atoms with Crippen molar-refractivity contribution in [2.75, 3.05) is 11.9 Å². The van der Waals surface area contributed by atoms with E-state index >= 15 is 0 Å². The highest BCUT2D eigenvalue weighted by atomic mass is 79.9. The van der Waals surface area contributed by atoms with Crippen LogP contribution >= 0.6 is 15.9 Å². The lowest BCUT2D eigenvalue weighted by atomic mass is 10.0. The highest BCUT2D eigenvalue weighted by molar-refractivity contribution is 9.10. The third-order valence-electron chi connectivity index (χ3n) is 3.67. The summed E-state index contributed by atoms with van der Waals surface area (Å²) < 4.78 is 1.02. The number of benzene rings is 2. The Labute approximate surface area is 148 Å². The fraction of sp³-hybridized carbons (Fsp3) is 0.235. The van der Waals surface area contributed by atoms with Gasteiger partial charge in [0.05, 0.1) is 4.92 Å². The molecule has 2 aromatic rings. The molecule has 2 rings (SSSR count). The molecular weight excluding hydrogens is 374 g/mol. The third-order valence-corrected chi connectivity index (χ3v) is 4.20. The van der Waals surface area contributed by atoms with Crippen molar-refractivity contribution in [3.63, 3.8) is 0 Å². The molecule has 0 bridgehead atoms. The van der Waals surface area contributed by atoms with E-state index in [2.05, 4.69) is 28.2 Å². The van der Waals surface area contributed by atoms with Gasteiger partial charge in [0.1, 0.15) is 6.04 Å². The number of rotatable bonds is 7. The normalized spacial score (nSPS) is 11.8. The second-order valence-electron chi connectivity index (χ2n) is 5.36. The molecule has 0 spiro atoms. The molecular formula is C17H19BrN3O3+. The molecule has 0 aliphatic heterocycles. The Morgan fingerprint density at radius 1 is 1.29 bits per heavy atom. The number of hydrogen-bond acceptors (Lipinski definition) is 3. The number of nitro groups is 1. The fourth-order valence-electron chi connectivity index (χ4n) is 2.41. The van der Waals surface area contributed by atoms with E-state index in [9.17, 15) is 14.9 Å². The van der Waals surface area contributed by atoms with E-state index in [1.807, 2.05) is 29.6 Å². The number of anilines is 1. The van der Waals surface area contributed by atoms with Crippen LogP contribution in [0.25, 0.3) is 0 Å². The summed E-state index contributed by atoms with van der Waals surface area (Å²) in [6.45, 7) is 2.32. The van der Waals surface area contributed by atoms with Crippen molar-refractivity contribution in [2.45, 2.75) is 19.4 Å². The van der Waals surface area contributed by atoms with E-state index in [1.54, 1.807) is 12.1 Å². The monoisotopic (exact) mass is 392 g/mol. The molecule has 0 radical (unpaired) electrons. The molecule has 0 aliphatic carbocycles. The zero-order valence-corrected chi connectivity index (χ0v) is 14.8. The number of quaternary nitrogens is 1. The van der Waals surface area contributed by atoms with Crippen LogP contribution in [0.4, 0.5) is 11.4 Å². The largest absolute Gasteiger partial charge is 0.332 e. The van der Waals surface area contributed by atoms with Crippen molar-refractivity contribution < 1.29 is 15.0 Å². The predicted molar refractivity (Wildman–Crippen MR) is 95.7 cm³/mol. The van der Waals surface area contributed by atoms with Crippen molar-refractivity contribution in [2.24, 2.45) is 0 Å². The molecule has 0 fully saturated rings. The number of nitrogens with one attached hydrogen (secondary N) is 1. The van der Waals surface area contributed by atoms with Crippen LogP contribution in [-0.4, -0.2) is 17.4 Å². The van der Waals surface area contributed by atoms with Crippen LogP contribution in [0.15, 0.2) is 53.0 Å². The predicted octanol–water partition coefficient (Wildman–Crippen LogP) is 3.01. The summed E-state index contributed by atoms with van der Waals surface area (Å²) in [4.78, 5) is 22.4. The first kappa shape index (κ1) is 18.1. The van der Waals surface area contributed by atoms with Gasteiger partial charge in [-0.05, 0) is 18.2 Å². The minimum absolute atomic E-state index is 0.0434. The van der Waals surface area contributed by atoms with E-state index in [4.69, 9.17) is 0 Å². The zero-order chi connectivity index (χ0) is 17.5. The van der Waals surface area contributed by atoms with Crippen LogP contribution in [0.2, 0.25) is 0 Å². The van der Waals surface area contributed by atoms with E-state index in [0.29, 0.717) is 5.69 Å². The summed E-state index contributed by atoms with van der Waals surface area (Å²) in [6.07, 6.45) is 0.895. The quantitative estimate of drug-likeness (QED) is 0.560. The molecule has 24 heavy (non-hydrogen) atoms. The number of hydrogen-bond donors (Lipinski definition) is 2. The SMILES string of the molecule is CC[C@@H]([NH2+]CC(=O)Nc1cccc([N+](=O)[O-])c1)c1ccc(Br)cc1. The Balaban J connectivity index is 1.93. The minimum Gasteiger partial charge on any atom is -0.332 e. The number of amides is 1. The lowest BCUT2D eigenvalue weighted by molar-refractivity contribution is -0.686. The molecule has 126 valence electrons. The molecule has 0 unspecified atom stereocenters. The number of carbonyl (C=O) groups excluding carboxylic acids is 1. The summed E-state index contributed by atoms with van der Waals surface area (Å²) in [5.41, 5.74) is 1.54. The maximum absolute atomic E-state index is 12.1. The van der Waals surface area contributed by atoms with Crippen molar-refractivity contribution in [3.05, 3.63) is 68.7 Å². The van der Waals surface area contributed by atoms with Gasteiger partial charge in [0, 0.05) is 34.3 Å². The van der Waals surface area contributed by atoms with Crippen molar-refractivity contribution in [1.82, 2.24) is 0 Å². The second-order valence-corrected chi connectivity index (χ2v) is 6.28. The number of carbonyl (C=O) groups is 1. The van der Waals surface area contributed by atoms with Crippen LogP contribution in [0.1, 0.15) is 24.9 Å². The summed E-state index contributed by atoms with van der Waals surface area (Å²) in [7, 11) is 0. The molecule has 0 saturated heterocycles. The van der Waals surface area contributed by atoms with Gasteiger partial charge in [-0.1, -0.05) is 41.1 Å². The number of non-ortho nitro benzene ring substituents is 1. The van der Waals surface area contributed by atoms with Gasteiger partial charge in [-0.3, -0.25) is 14.9 Å². The van der Waals surface area contributed by atoms with Crippen LogP contribution in [0.3, 0.4) is 0 Å². The van der Waals surface area contributed by atoms with E-state index < -0.39 is 4.92 Å². The highest BCUT2D eigenvalue weighted by Crippen LogP contribution is 2.17. The van der Waals surface area contributed by atoms with Gasteiger partial charge >= 0.3 is 0 Å². The van der Waals surface area contributed by atoms with Gasteiger partial charge in [-0.2, -0.15) is 0 Å². The highest BCUT2D eigenvalue weighted by Gasteiger charge is 2.15. The Kier molecular flexibility index (Phi) is 6.45. The van der Waals surface area contributed by atoms with Crippen molar-refractivity contribution >= 4 is 33.2 Å². The lowest BCUT2D eigenvalue weighted by Gasteiger charge is -2.14. The second kappa shape index (κ2) is 8.56. The van der Waals surface area contributed by atoms with E-state index in [1.165, 1.54) is 12.1 Å². The van der Waals surface area contributed by atoms with Crippen molar-refractivity contribution in [1.29, 1.82) is 0 Å². The van der Waals surface area contributed by atoms with Crippen molar-refractivity contribution in [3.8, 4) is 0 Å². The minimum atomic E-state index is -0.484. The Morgan fingerprint density at radius 3 is 2.62 bits per heavy atom. The molecule has 1 atom stereocenters. The zero-order valence-electron chi connectivity index (χ0n) is 13.2. The van der Waals surface area contributed by atoms with Crippen LogP contribution in [0.5, 0.6) is 0 Å². The molecule has 0 saturated carbocycles. The fourth-order valence-corrected chi connectivity index (χ4v) is 2.67. The van der Waals surface area contributed by atoms with Gasteiger partial charge in [0.2, 0.25) is 0 Å². The Hall–Kier alpha value is -2.25. The van der Waals surface area contributed by atoms with Crippen LogP contribution in [0, 0.1) is 10.1 Å². The molecule has 0 aliphatic rings. The molecule has 1 amide bonds. The Bertz CT molecular complexity index is 719. The molecule has 6 nitrogen and oxygen atoms in total. The van der Waals surface area contributed by atoms with Gasteiger partial charge in [0.25, 0.3) is 11.6 Å². The molecule has 0 heterocycles. The van der Waals surface area contributed by atoms with E-state index in [-0.39, 0.29) is 24.2 Å². The first-order valence-corrected chi connectivity index (χ1v) is 8.42. The number of nitrogens with zero attached hydrogens (tertiary/aromatic N) is 1. The van der Waals surface area contributed by atoms with Crippen LogP contribution < -0.4 is 10.6 Å². The third kappa shape index (κ3) is 5.14. The van der Waals surface area contributed by atoms with Gasteiger partial charge in [0.15, 0.2) is 6.54 Å². The maximum Gasteiger partial charge on any atom is 0.279 e. The average Bonchev–Trinajstić information content (AvgIpc) is 2.57. The van der Waals surface area contributed by atoms with Gasteiger partial charge in [-0.25, -0.2) is 0 Å². The maximum atomic E-state index is 12.1. The number of nitro benzene ring substituents is 1. The topological polar surface area (TPSA) is 88.8 Å².